The lowest BCUT2D eigenvalue weighted by Gasteiger charge is -2.10. The van der Waals surface area contributed by atoms with Crippen molar-refractivity contribution < 1.29 is 19.4 Å². The Hall–Kier alpha value is -1.92. The van der Waals surface area contributed by atoms with E-state index in [2.05, 4.69) is 4.74 Å². The number of hydrogen-bond acceptors (Lipinski definition) is 6. The van der Waals surface area contributed by atoms with E-state index in [1.807, 2.05) is 0 Å². The summed E-state index contributed by atoms with van der Waals surface area (Å²) >= 11 is 0. The molecule has 19 heavy (non-hydrogen) atoms. The van der Waals surface area contributed by atoms with Gasteiger partial charge in [0.2, 0.25) is 0 Å². The Balaban J connectivity index is 2.52. The van der Waals surface area contributed by atoms with Gasteiger partial charge in [-0.1, -0.05) is 18.6 Å². The topological polar surface area (TPSA) is 116 Å². The van der Waals surface area contributed by atoms with Crippen molar-refractivity contribution in [1.29, 1.82) is 0 Å². The molecular weight excluding hydrogens is 248 g/mol. The number of esters is 2. The monoisotopic (exact) mass is 266 g/mol. The minimum atomic E-state index is -0.905. The number of nitrogens with two attached hydrogens (primary N) is 2. The standard InChI is InChI=1S/C13H18N2O4/c14-8-4-3-6-10(15)13(18)19-12(17)9-5-1-2-7-11(9)16/h1-2,5,7,10,16H,3-4,6,8,14-15H2. The highest BCUT2D eigenvalue weighted by molar-refractivity contribution is 5.99. The maximum absolute atomic E-state index is 11.6. The summed E-state index contributed by atoms with van der Waals surface area (Å²) in [5.41, 5.74) is 10.9. The summed E-state index contributed by atoms with van der Waals surface area (Å²) < 4.78 is 4.62. The molecular formula is C13H18N2O4. The Kier molecular flexibility index (Phi) is 5.98. The third kappa shape index (κ3) is 4.69. The fraction of sp³-hybridized carbons (Fsp3) is 0.385. The molecule has 0 bridgehead atoms. The lowest BCUT2D eigenvalue weighted by Crippen LogP contribution is -2.33. The van der Waals surface area contributed by atoms with Crippen LogP contribution in [0.2, 0.25) is 0 Å². The lowest BCUT2D eigenvalue weighted by molar-refractivity contribution is -0.139. The molecule has 104 valence electrons. The molecule has 0 saturated carbocycles. The van der Waals surface area contributed by atoms with Crippen LogP contribution in [0.15, 0.2) is 24.3 Å². The average Bonchev–Trinajstić information content (AvgIpc) is 2.39. The zero-order valence-corrected chi connectivity index (χ0v) is 10.5. The summed E-state index contributed by atoms with van der Waals surface area (Å²) in [7, 11) is 0. The number of hydrogen-bond donors (Lipinski definition) is 3. The van der Waals surface area contributed by atoms with Crippen LogP contribution in [0.25, 0.3) is 0 Å². The summed E-state index contributed by atoms with van der Waals surface area (Å²) in [6, 6.07) is 4.96. The number of benzene rings is 1. The number of carbonyl (C=O) groups is 2. The number of phenols is 1. The third-order valence-electron chi connectivity index (χ3n) is 2.59. The SMILES string of the molecule is NCCCCC(N)C(=O)OC(=O)c1ccccc1O. The molecule has 1 unspecified atom stereocenters. The van der Waals surface area contributed by atoms with Crippen molar-refractivity contribution in [2.45, 2.75) is 25.3 Å². The van der Waals surface area contributed by atoms with Crippen LogP contribution in [0.4, 0.5) is 0 Å². The normalized spacial score (nSPS) is 11.9. The van der Waals surface area contributed by atoms with E-state index in [0.717, 1.165) is 6.42 Å². The highest BCUT2D eigenvalue weighted by Gasteiger charge is 2.21. The lowest BCUT2D eigenvalue weighted by atomic mass is 10.1. The zero-order valence-electron chi connectivity index (χ0n) is 10.5. The highest BCUT2D eigenvalue weighted by Crippen LogP contribution is 2.16. The number of aromatic hydroxyl groups is 1. The molecule has 1 aromatic rings. The van der Waals surface area contributed by atoms with Crippen molar-refractivity contribution in [2.24, 2.45) is 11.5 Å². The first kappa shape index (κ1) is 15.1. The van der Waals surface area contributed by atoms with Gasteiger partial charge in [0.1, 0.15) is 17.4 Å². The first-order valence-corrected chi connectivity index (χ1v) is 6.06. The largest absolute Gasteiger partial charge is 0.507 e. The second-order valence-corrected chi connectivity index (χ2v) is 4.12. The number of para-hydroxylation sites is 1. The minimum Gasteiger partial charge on any atom is -0.507 e. The molecule has 0 aliphatic heterocycles. The molecule has 6 heteroatoms. The fourth-order valence-electron chi connectivity index (χ4n) is 1.49. The van der Waals surface area contributed by atoms with Gasteiger partial charge in [0.25, 0.3) is 0 Å². The molecule has 1 atom stereocenters. The molecule has 0 saturated heterocycles. The fourth-order valence-corrected chi connectivity index (χ4v) is 1.49. The van der Waals surface area contributed by atoms with Gasteiger partial charge in [-0.05, 0) is 31.5 Å². The molecule has 0 spiro atoms. The van der Waals surface area contributed by atoms with Gasteiger partial charge in [0.05, 0.1) is 0 Å². The van der Waals surface area contributed by atoms with E-state index in [0.29, 0.717) is 19.4 Å². The number of ether oxygens (including phenoxy) is 1. The molecule has 1 aromatic carbocycles. The van der Waals surface area contributed by atoms with E-state index in [-0.39, 0.29) is 11.3 Å². The van der Waals surface area contributed by atoms with Crippen molar-refractivity contribution >= 4 is 11.9 Å². The van der Waals surface area contributed by atoms with Gasteiger partial charge >= 0.3 is 11.9 Å². The van der Waals surface area contributed by atoms with Crippen LogP contribution >= 0.6 is 0 Å². The van der Waals surface area contributed by atoms with Crippen molar-refractivity contribution in [1.82, 2.24) is 0 Å². The Morgan fingerprint density at radius 2 is 1.95 bits per heavy atom. The molecule has 0 fully saturated rings. The average molecular weight is 266 g/mol. The van der Waals surface area contributed by atoms with Gasteiger partial charge in [-0.3, -0.25) is 0 Å². The maximum atomic E-state index is 11.6. The zero-order chi connectivity index (χ0) is 14.3. The van der Waals surface area contributed by atoms with E-state index < -0.39 is 18.0 Å². The van der Waals surface area contributed by atoms with E-state index in [1.165, 1.54) is 12.1 Å². The quantitative estimate of drug-likeness (QED) is 0.393. The molecule has 0 aromatic heterocycles. The first-order valence-electron chi connectivity index (χ1n) is 6.06. The number of phenolic OH excluding ortho intramolecular Hbond substituents is 1. The maximum Gasteiger partial charge on any atom is 0.349 e. The van der Waals surface area contributed by atoms with Gasteiger partial charge in [-0.2, -0.15) is 0 Å². The number of unbranched alkanes of at least 4 members (excludes halogenated alkanes) is 1. The van der Waals surface area contributed by atoms with Crippen molar-refractivity contribution in [3.05, 3.63) is 29.8 Å². The molecule has 5 N–H and O–H groups in total. The van der Waals surface area contributed by atoms with Crippen LogP contribution in [0.1, 0.15) is 29.6 Å². The summed E-state index contributed by atoms with van der Waals surface area (Å²) in [5, 5.41) is 9.45. The highest BCUT2D eigenvalue weighted by atomic mass is 16.6. The summed E-state index contributed by atoms with van der Waals surface area (Å²) in [5.74, 6) is -1.94. The second-order valence-electron chi connectivity index (χ2n) is 4.12. The van der Waals surface area contributed by atoms with Gasteiger partial charge < -0.3 is 21.3 Å². The third-order valence-corrected chi connectivity index (χ3v) is 2.59. The van der Waals surface area contributed by atoms with Crippen LogP contribution in [-0.4, -0.2) is 29.6 Å². The van der Waals surface area contributed by atoms with Crippen LogP contribution in [0.5, 0.6) is 5.75 Å². The van der Waals surface area contributed by atoms with Crippen LogP contribution in [0, 0.1) is 0 Å². The van der Waals surface area contributed by atoms with Crippen molar-refractivity contribution in [3.8, 4) is 5.75 Å². The van der Waals surface area contributed by atoms with Gasteiger partial charge in [-0.15, -0.1) is 0 Å². The number of carbonyl (C=O) groups excluding carboxylic acids is 2. The Morgan fingerprint density at radius 1 is 1.26 bits per heavy atom. The summed E-state index contributed by atoms with van der Waals surface area (Å²) in [6.45, 7) is 0.526. The van der Waals surface area contributed by atoms with E-state index in [1.54, 1.807) is 12.1 Å². The number of rotatable bonds is 6. The van der Waals surface area contributed by atoms with E-state index in [9.17, 15) is 14.7 Å². The summed E-state index contributed by atoms with van der Waals surface area (Å²) in [6.07, 6.45) is 1.86. The Morgan fingerprint density at radius 3 is 2.58 bits per heavy atom. The molecule has 0 heterocycles. The van der Waals surface area contributed by atoms with Crippen molar-refractivity contribution in [2.75, 3.05) is 6.54 Å². The molecule has 0 amide bonds. The van der Waals surface area contributed by atoms with Crippen molar-refractivity contribution in [3.63, 3.8) is 0 Å². The molecule has 6 nitrogen and oxygen atoms in total. The molecule has 0 aliphatic carbocycles. The molecule has 1 rings (SSSR count). The first-order chi connectivity index (χ1) is 9.06. The van der Waals surface area contributed by atoms with Crippen LogP contribution in [0.3, 0.4) is 0 Å². The Labute approximate surface area is 111 Å². The molecule has 0 aliphatic rings. The van der Waals surface area contributed by atoms with Gasteiger partial charge in [0, 0.05) is 0 Å². The second kappa shape index (κ2) is 7.50. The predicted octanol–water partition coefficient (Wildman–Crippen LogP) is 0.532. The van der Waals surface area contributed by atoms with Crippen LogP contribution < -0.4 is 11.5 Å². The van der Waals surface area contributed by atoms with Gasteiger partial charge in [0.15, 0.2) is 0 Å². The van der Waals surface area contributed by atoms with Crippen LogP contribution in [-0.2, 0) is 9.53 Å². The summed E-state index contributed by atoms with van der Waals surface area (Å²) in [4.78, 5) is 23.2. The predicted molar refractivity (Wildman–Crippen MR) is 69.4 cm³/mol. The molecule has 0 radical (unpaired) electrons. The van der Waals surface area contributed by atoms with E-state index in [4.69, 9.17) is 11.5 Å². The van der Waals surface area contributed by atoms with E-state index >= 15 is 0 Å². The minimum absolute atomic E-state index is 0.0648. The van der Waals surface area contributed by atoms with Gasteiger partial charge in [-0.25, -0.2) is 9.59 Å². The Bertz CT molecular complexity index is 448. The smallest absolute Gasteiger partial charge is 0.349 e.